The molecule has 1 aromatic carbocycles. The Hall–Kier alpha value is -0.800. The fraction of sp³-hybridized carbons (Fsp3) is 0.500. The van der Waals surface area contributed by atoms with Gasteiger partial charge in [-0.2, -0.15) is 0 Å². The summed E-state index contributed by atoms with van der Waals surface area (Å²) in [7, 11) is 1.72. The Morgan fingerprint density at radius 3 is 2.69 bits per heavy atom. The standard InChI is InChI=1S/C12H17ClFNO/c1-4-16-11-6-5-9(7-10(11)13)12(2,14)8-15-3/h5-7,15H,4,8H2,1-3H3. The maximum Gasteiger partial charge on any atom is 0.145 e. The fourth-order valence-corrected chi connectivity index (χ4v) is 1.77. The largest absolute Gasteiger partial charge is 0.492 e. The molecule has 0 saturated carbocycles. The van der Waals surface area contributed by atoms with Crippen molar-refractivity contribution in [2.45, 2.75) is 19.5 Å². The third-order valence-electron chi connectivity index (χ3n) is 2.34. The van der Waals surface area contributed by atoms with Crippen molar-refractivity contribution in [2.75, 3.05) is 20.2 Å². The summed E-state index contributed by atoms with van der Waals surface area (Å²) in [6.07, 6.45) is 0. The Balaban J connectivity index is 2.96. The summed E-state index contributed by atoms with van der Waals surface area (Å²) in [5.74, 6) is 0.591. The summed E-state index contributed by atoms with van der Waals surface area (Å²) in [5.41, 5.74) is -0.876. The van der Waals surface area contributed by atoms with E-state index in [0.717, 1.165) is 0 Å². The molecule has 1 unspecified atom stereocenters. The Bertz CT molecular complexity index is 355. The summed E-state index contributed by atoms with van der Waals surface area (Å²) >= 11 is 6.00. The zero-order valence-corrected chi connectivity index (χ0v) is 10.6. The zero-order chi connectivity index (χ0) is 12.2. The molecule has 0 aliphatic carbocycles. The number of hydrogen-bond acceptors (Lipinski definition) is 2. The Kier molecular flexibility index (Phi) is 4.56. The first-order valence-corrected chi connectivity index (χ1v) is 5.65. The normalized spacial score (nSPS) is 14.6. The van der Waals surface area contributed by atoms with Gasteiger partial charge in [-0.3, -0.25) is 0 Å². The lowest BCUT2D eigenvalue weighted by atomic mass is 9.98. The molecule has 0 fully saturated rings. The van der Waals surface area contributed by atoms with Gasteiger partial charge in [0, 0.05) is 6.54 Å². The molecular formula is C12H17ClFNO. The maximum absolute atomic E-state index is 14.2. The molecule has 0 aromatic heterocycles. The summed E-state index contributed by atoms with van der Waals surface area (Å²) < 4.78 is 19.5. The van der Waals surface area contributed by atoms with E-state index in [4.69, 9.17) is 16.3 Å². The van der Waals surface area contributed by atoms with E-state index in [9.17, 15) is 4.39 Å². The van der Waals surface area contributed by atoms with E-state index in [1.807, 2.05) is 6.92 Å². The highest BCUT2D eigenvalue weighted by molar-refractivity contribution is 6.32. The van der Waals surface area contributed by atoms with Crippen molar-refractivity contribution in [1.29, 1.82) is 0 Å². The topological polar surface area (TPSA) is 21.3 Å². The van der Waals surface area contributed by atoms with Gasteiger partial charge in [-0.15, -0.1) is 0 Å². The van der Waals surface area contributed by atoms with E-state index >= 15 is 0 Å². The number of nitrogens with one attached hydrogen (secondary N) is 1. The van der Waals surface area contributed by atoms with Crippen LogP contribution in [0.25, 0.3) is 0 Å². The van der Waals surface area contributed by atoms with Gasteiger partial charge >= 0.3 is 0 Å². The second-order valence-electron chi connectivity index (χ2n) is 3.81. The van der Waals surface area contributed by atoms with Crippen molar-refractivity contribution < 1.29 is 9.13 Å². The lowest BCUT2D eigenvalue weighted by molar-refractivity contribution is 0.190. The molecule has 1 rings (SSSR count). The van der Waals surface area contributed by atoms with Crippen LogP contribution in [-0.2, 0) is 5.67 Å². The van der Waals surface area contributed by atoms with Crippen molar-refractivity contribution in [2.24, 2.45) is 0 Å². The number of rotatable bonds is 5. The smallest absolute Gasteiger partial charge is 0.145 e. The average Bonchev–Trinajstić information content (AvgIpc) is 2.21. The van der Waals surface area contributed by atoms with Crippen LogP contribution in [-0.4, -0.2) is 20.2 Å². The highest BCUT2D eigenvalue weighted by atomic mass is 35.5. The van der Waals surface area contributed by atoms with E-state index in [1.54, 1.807) is 25.2 Å². The van der Waals surface area contributed by atoms with Crippen molar-refractivity contribution in [3.8, 4) is 5.75 Å². The number of likely N-dealkylation sites (N-methyl/N-ethyl adjacent to an activating group) is 1. The molecule has 1 atom stereocenters. The average molecular weight is 246 g/mol. The molecule has 4 heteroatoms. The van der Waals surface area contributed by atoms with E-state index in [-0.39, 0.29) is 6.54 Å². The van der Waals surface area contributed by atoms with Crippen LogP contribution < -0.4 is 10.1 Å². The van der Waals surface area contributed by atoms with Gasteiger partial charge in [0.15, 0.2) is 0 Å². The summed E-state index contributed by atoms with van der Waals surface area (Å²) in [5, 5.41) is 3.26. The van der Waals surface area contributed by atoms with Crippen molar-refractivity contribution in [3.63, 3.8) is 0 Å². The number of benzene rings is 1. The second kappa shape index (κ2) is 5.51. The lowest BCUT2D eigenvalue weighted by Gasteiger charge is -2.21. The molecule has 1 N–H and O–H groups in total. The minimum absolute atomic E-state index is 0.247. The Morgan fingerprint density at radius 1 is 1.50 bits per heavy atom. The van der Waals surface area contributed by atoms with Gasteiger partial charge in [-0.1, -0.05) is 17.7 Å². The van der Waals surface area contributed by atoms with Crippen molar-refractivity contribution >= 4 is 11.6 Å². The molecule has 0 heterocycles. The number of ether oxygens (including phenoxy) is 1. The van der Waals surface area contributed by atoms with Gasteiger partial charge in [-0.05, 0) is 38.6 Å². The van der Waals surface area contributed by atoms with Crippen LogP contribution in [0.4, 0.5) is 4.39 Å². The van der Waals surface area contributed by atoms with Crippen LogP contribution in [0.15, 0.2) is 18.2 Å². The highest BCUT2D eigenvalue weighted by Crippen LogP contribution is 2.32. The Morgan fingerprint density at radius 2 is 2.19 bits per heavy atom. The maximum atomic E-state index is 14.2. The molecule has 0 aliphatic heterocycles. The summed E-state index contributed by atoms with van der Waals surface area (Å²) in [4.78, 5) is 0. The third-order valence-corrected chi connectivity index (χ3v) is 2.64. The van der Waals surface area contributed by atoms with Crippen LogP contribution in [0.3, 0.4) is 0 Å². The molecule has 16 heavy (non-hydrogen) atoms. The van der Waals surface area contributed by atoms with Gasteiger partial charge in [0.25, 0.3) is 0 Å². The SMILES string of the molecule is CCOc1ccc(C(C)(F)CNC)cc1Cl. The van der Waals surface area contributed by atoms with Crippen LogP contribution in [0.2, 0.25) is 5.02 Å². The predicted molar refractivity (Wildman–Crippen MR) is 65.0 cm³/mol. The molecule has 0 radical (unpaired) electrons. The summed E-state index contributed by atoms with van der Waals surface area (Å²) in [6.45, 7) is 4.19. The van der Waals surface area contributed by atoms with Crippen LogP contribution >= 0.6 is 11.6 Å². The molecule has 0 aliphatic rings. The molecule has 90 valence electrons. The first-order chi connectivity index (χ1) is 7.51. The summed E-state index contributed by atoms with van der Waals surface area (Å²) in [6, 6.07) is 5.02. The molecular weight excluding hydrogens is 229 g/mol. The van der Waals surface area contributed by atoms with Crippen LogP contribution in [0.1, 0.15) is 19.4 Å². The monoisotopic (exact) mass is 245 g/mol. The highest BCUT2D eigenvalue weighted by Gasteiger charge is 2.25. The second-order valence-corrected chi connectivity index (χ2v) is 4.21. The van der Waals surface area contributed by atoms with Gasteiger partial charge in [-0.25, -0.2) is 4.39 Å². The van der Waals surface area contributed by atoms with Gasteiger partial charge in [0.2, 0.25) is 0 Å². The quantitative estimate of drug-likeness (QED) is 0.861. The molecule has 0 bridgehead atoms. The molecule has 0 spiro atoms. The van der Waals surface area contributed by atoms with Gasteiger partial charge in [0.1, 0.15) is 11.4 Å². The minimum Gasteiger partial charge on any atom is -0.492 e. The fourth-order valence-electron chi connectivity index (χ4n) is 1.53. The van der Waals surface area contributed by atoms with Crippen molar-refractivity contribution in [3.05, 3.63) is 28.8 Å². The van der Waals surface area contributed by atoms with Crippen LogP contribution in [0, 0.1) is 0 Å². The van der Waals surface area contributed by atoms with Gasteiger partial charge < -0.3 is 10.1 Å². The molecule has 0 amide bonds. The van der Waals surface area contributed by atoms with Crippen molar-refractivity contribution in [1.82, 2.24) is 5.32 Å². The predicted octanol–water partition coefficient (Wildman–Crippen LogP) is 3.14. The Labute approximate surface area is 101 Å². The molecule has 1 aromatic rings. The zero-order valence-electron chi connectivity index (χ0n) is 9.81. The van der Waals surface area contributed by atoms with E-state index < -0.39 is 5.67 Å². The van der Waals surface area contributed by atoms with Crippen LogP contribution in [0.5, 0.6) is 5.75 Å². The molecule has 0 saturated heterocycles. The third kappa shape index (κ3) is 3.09. The van der Waals surface area contributed by atoms with E-state index in [0.29, 0.717) is 22.9 Å². The molecule has 2 nitrogen and oxygen atoms in total. The lowest BCUT2D eigenvalue weighted by Crippen LogP contribution is -2.29. The van der Waals surface area contributed by atoms with E-state index in [1.165, 1.54) is 6.92 Å². The minimum atomic E-state index is -1.43. The number of halogens is 2. The van der Waals surface area contributed by atoms with Gasteiger partial charge in [0.05, 0.1) is 11.6 Å². The number of alkyl halides is 1. The first kappa shape index (κ1) is 13.3. The first-order valence-electron chi connectivity index (χ1n) is 5.27. The number of hydrogen-bond donors (Lipinski definition) is 1. The van der Waals surface area contributed by atoms with E-state index in [2.05, 4.69) is 5.32 Å².